The fraction of sp³-hybridized carbons (Fsp3) is 0.263. The van der Waals surface area contributed by atoms with Gasteiger partial charge in [-0.15, -0.1) is 0 Å². The number of pyridine rings is 1. The van der Waals surface area contributed by atoms with Crippen molar-refractivity contribution in [2.75, 3.05) is 31.1 Å². The number of halogens is 1. The molecule has 1 fully saturated rings. The van der Waals surface area contributed by atoms with Crippen molar-refractivity contribution in [1.82, 2.24) is 14.3 Å². The van der Waals surface area contributed by atoms with E-state index in [1.165, 1.54) is 12.1 Å². The Hall–Kier alpha value is -2.89. The Morgan fingerprint density at radius 1 is 1.00 bits per heavy atom. The molecule has 3 aromatic rings. The number of fused-ring (bicyclic) bond motifs is 1. The van der Waals surface area contributed by atoms with Crippen molar-refractivity contribution in [3.05, 3.63) is 66.4 Å². The molecular formula is C19H19FN4O. The van der Waals surface area contributed by atoms with Gasteiger partial charge in [0.2, 0.25) is 0 Å². The molecule has 0 unspecified atom stereocenters. The summed E-state index contributed by atoms with van der Waals surface area (Å²) in [5.74, 6) is -0.193. The summed E-state index contributed by atoms with van der Waals surface area (Å²) >= 11 is 0. The molecule has 0 radical (unpaired) electrons. The fourth-order valence-electron chi connectivity index (χ4n) is 3.26. The van der Waals surface area contributed by atoms with Crippen LogP contribution >= 0.6 is 0 Å². The Labute approximate surface area is 145 Å². The topological polar surface area (TPSA) is 40.9 Å². The number of anilines is 1. The van der Waals surface area contributed by atoms with E-state index in [9.17, 15) is 9.18 Å². The molecule has 4 rings (SSSR count). The van der Waals surface area contributed by atoms with Gasteiger partial charge in [-0.05, 0) is 42.8 Å². The number of amides is 1. The number of carbonyl (C=O) groups excluding carboxylic acids is 1. The molecule has 1 aliphatic rings. The van der Waals surface area contributed by atoms with Gasteiger partial charge in [0.15, 0.2) is 0 Å². The van der Waals surface area contributed by atoms with Crippen LogP contribution in [0.15, 0.2) is 55.0 Å². The Balaban J connectivity index is 1.48. The molecule has 0 atom stereocenters. The average Bonchev–Trinajstić information content (AvgIpc) is 2.97. The van der Waals surface area contributed by atoms with Crippen LogP contribution in [0.5, 0.6) is 0 Å². The summed E-state index contributed by atoms with van der Waals surface area (Å²) in [5.41, 5.74) is 2.49. The maximum absolute atomic E-state index is 13.1. The number of benzene rings is 1. The minimum atomic E-state index is -0.231. The summed E-state index contributed by atoms with van der Waals surface area (Å²) in [6, 6.07) is 10.2. The third-order valence-corrected chi connectivity index (χ3v) is 4.61. The molecule has 2 aromatic heterocycles. The number of aromatic nitrogens is 2. The highest BCUT2D eigenvalue weighted by atomic mass is 19.1. The first kappa shape index (κ1) is 15.6. The van der Waals surface area contributed by atoms with Gasteiger partial charge in [0.1, 0.15) is 11.5 Å². The molecule has 6 heteroatoms. The van der Waals surface area contributed by atoms with Gasteiger partial charge in [0.25, 0.3) is 5.91 Å². The lowest BCUT2D eigenvalue weighted by molar-refractivity contribution is 0.0766. The normalized spacial score (nSPS) is 15.4. The second-order valence-corrected chi connectivity index (χ2v) is 6.22. The van der Waals surface area contributed by atoms with E-state index < -0.39 is 0 Å². The van der Waals surface area contributed by atoms with E-state index in [1.54, 1.807) is 18.3 Å². The van der Waals surface area contributed by atoms with Crippen molar-refractivity contribution in [1.29, 1.82) is 0 Å². The van der Waals surface area contributed by atoms with Crippen molar-refractivity contribution < 1.29 is 9.18 Å². The quantitative estimate of drug-likeness (QED) is 0.721. The van der Waals surface area contributed by atoms with Crippen molar-refractivity contribution in [2.45, 2.75) is 6.42 Å². The van der Waals surface area contributed by atoms with E-state index in [0.717, 1.165) is 37.4 Å². The Kier molecular flexibility index (Phi) is 4.09. The lowest BCUT2D eigenvalue weighted by Gasteiger charge is -2.23. The molecule has 1 aliphatic heterocycles. The fourth-order valence-corrected chi connectivity index (χ4v) is 3.26. The smallest absolute Gasteiger partial charge is 0.255 e. The van der Waals surface area contributed by atoms with Crippen molar-refractivity contribution >= 4 is 17.2 Å². The zero-order valence-electron chi connectivity index (χ0n) is 13.8. The molecule has 0 bridgehead atoms. The highest BCUT2D eigenvalue weighted by Crippen LogP contribution is 2.18. The summed E-state index contributed by atoms with van der Waals surface area (Å²) in [4.78, 5) is 21.1. The maximum Gasteiger partial charge on any atom is 0.255 e. The second kappa shape index (κ2) is 6.55. The molecule has 0 N–H and O–H groups in total. The Bertz CT molecular complexity index is 890. The monoisotopic (exact) mass is 338 g/mol. The molecule has 0 aliphatic carbocycles. The third kappa shape index (κ3) is 3.20. The van der Waals surface area contributed by atoms with Gasteiger partial charge in [-0.3, -0.25) is 4.79 Å². The first-order valence-corrected chi connectivity index (χ1v) is 8.43. The van der Waals surface area contributed by atoms with Crippen LogP contribution in [0.3, 0.4) is 0 Å². The van der Waals surface area contributed by atoms with Crippen molar-refractivity contribution in [2.24, 2.45) is 0 Å². The van der Waals surface area contributed by atoms with Crippen LogP contribution in [0.2, 0.25) is 0 Å². The molecule has 3 heterocycles. The molecule has 128 valence electrons. The van der Waals surface area contributed by atoms with Crippen LogP contribution in [0.25, 0.3) is 5.65 Å². The lowest BCUT2D eigenvalue weighted by atomic mass is 10.2. The first-order chi connectivity index (χ1) is 12.2. The van der Waals surface area contributed by atoms with Crippen LogP contribution in [0.1, 0.15) is 16.8 Å². The second-order valence-electron chi connectivity index (χ2n) is 6.22. The number of hydrogen-bond acceptors (Lipinski definition) is 3. The largest absolute Gasteiger partial charge is 0.370 e. The first-order valence-electron chi connectivity index (χ1n) is 8.43. The van der Waals surface area contributed by atoms with E-state index in [0.29, 0.717) is 12.1 Å². The molecular weight excluding hydrogens is 319 g/mol. The molecule has 0 spiro atoms. The molecule has 5 nitrogen and oxygen atoms in total. The minimum absolute atomic E-state index is 0.0385. The van der Waals surface area contributed by atoms with Gasteiger partial charge in [0.05, 0.1) is 5.56 Å². The highest BCUT2D eigenvalue weighted by Gasteiger charge is 2.21. The SMILES string of the molecule is O=C(c1ccc2nccn2c1)N1CCCN(c2ccc(F)cc2)CC1. The minimum Gasteiger partial charge on any atom is -0.370 e. The summed E-state index contributed by atoms with van der Waals surface area (Å²) in [6.45, 7) is 2.97. The predicted molar refractivity (Wildman–Crippen MR) is 94.3 cm³/mol. The van der Waals surface area contributed by atoms with Crippen LogP contribution in [0.4, 0.5) is 10.1 Å². The third-order valence-electron chi connectivity index (χ3n) is 4.61. The summed E-state index contributed by atoms with van der Waals surface area (Å²) in [6.07, 6.45) is 6.27. The molecule has 25 heavy (non-hydrogen) atoms. The number of carbonyl (C=O) groups is 1. The van der Waals surface area contributed by atoms with Gasteiger partial charge < -0.3 is 14.2 Å². The van der Waals surface area contributed by atoms with Crippen LogP contribution in [-0.4, -0.2) is 46.4 Å². The van der Waals surface area contributed by atoms with E-state index in [-0.39, 0.29) is 11.7 Å². The lowest BCUT2D eigenvalue weighted by Crippen LogP contribution is -2.35. The Morgan fingerprint density at radius 2 is 1.84 bits per heavy atom. The van der Waals surface area contributed by atoms with Gasteiger partial charge >= 0.3 is 0 Å². The summed E-state index contributed by atoms with van der Waals surface area (Å²) < 4.78 is 15.0. The van der Waals surface area contributed by atoms with Crippen LogP contribution in [-0.2, 0) is 0 Å². The maximum atomic E-state index is 13.1. The number of imidazole rings is 1. The van der Waals surface area contributed by atoms with Gasteiger partial charge in [0, 0.05) is 50.5 Å². The van der Waals surface area contributed by atoms with E-state index in [2.05, 4.69) is 9.88 Å². The summed E-state index contributed by atoms with van der Waals surface area (Å²) in [7, 11) is 0. The van der Waals surface area contributed by atoms with Crippen molar-refractivity contribution in [3.63, 3.8) is 0 Å². The van der Waals surface area contributed by atoms with Gasteiger partial charge in [-0.2, -0.15) is 0 Å². The zero-order chi connectivity index (χ0) is 17.2. The number of rotatable bonds is 2. The van der Waals surface area contributed by atoms with Crippen molar-refractivity contribution in [3.8, 4) is 0 Å². The van der Waals surface area contributed by atoms with E-state index >= 15 is 0 Å². The molecule has 1 saturated heterocycles. The standard InChI is InChI=1S/C19H19FN4O/c20-16-3-5-17(6-4-16)22-9-1-10-23(13-12-22)19(25)15-2-7-18-21-8-11-24(18)14-15/h2-8,11,14H,1,9-10,12-13H2. The molecule has 1 aromatic carbocycles. The van der Waals surface area contributed by atoms with E-state index in [1.807, 2.05) is 33.8 Å². The Morgan fingerprint density at radius 3 is 2.68 bits per heavy atom. The average molecular weight is 338 g/mol. The number of nitrogens with zero attached hydrogens (tertiary/aromatic N) is 4. The van der Waals surface area contributed by atoms with Gasteiger partial charge in [-0.25, -0.2) is 9.37 Å². The summed E-state index contributed by atoms with van der Waals surface area (Å²) in [5, 5.41) is 0. The highest BCUT2D eigenvalue weighted by molar-refractivity contribution is 5.94. The zero-order valence-corrected chi connectivity index (χ0v) is 13.8. The molecule has 0 saturated carbocycles. The predicted octanol–water partition coefficient (Wildman–Crippen LogP) is 2.83. The van der Waals surface area contributed by atoms with Crippen LogP contribution < -0.4 is 4.90 Å². The van der Waals surface area contributed by atoms with E-state index in [4.69, 9.17) is 0 Å². The number of hydrogen-bond donors (Lipinski definition) is 0. The van der Waals surface area contributed by atoms with Gasteiger partial charge in [-0.1, -0.05) is 0 Å². The van der Waals surface area contributed by atoms with Crippen LogP contribution in [0, 0.1) is 5.82 Å². The molecule has 1 amide bonds.